The van der Waals surface area contributed by atoms with Crippen LogP contribution < -0.4 is 0 Å². The van der Waals surface area contributed by atoms with Gasteiger partial charge in [-0.05, 0) is 24.3 Å². The third-order valence-corrected chi connectivity index (χ3v) is 4.50. The smallest absolute Gasteiger partial charge is 0.443 e. The van der Waals surface area contributed by atoms with E-state index in [4.69, 9.17) is 8.83 Å². The molecule has 3 heterocycles. The predicted molar refractivity (Wildman–Crippen MR) is 97.3 cm³/mol. The summed E-state index contributed by atoms with van der Waals surface area (Å²) < 4.78 is 93.8. The first-order valence-corrected chi connectivity index (χ1v) is 8.85. The molecule has 0 unspecified atom stereocenters. The average molecular weight is 441 g/mol. The fourth-order valence-electron chi connectivity index (χ4n) is 3.08. The Hall–Kier alpha value is -3.50. The molecule has 0 radical (unpaired) electrons. The summed E-state index contributed by atoms with van der Waals surface area (Å²) in [6.45, 7) is -0.230. The van der Waals surface area contributed by atoms with E-state index in [1.165, 1.54) is 54.8 Å². The molecule has 0 atom stereocenters. The fraction of sp³-hybridized carbons (Fsp3) is 0.200. The molecule has 11 heteroatoms. The van der Waals surface area contributed by atoms with Crippen molar-refractivity contribution in [3.63, 3.8) is 0 Å². The fourth-order valence-corrected chi connectivity index (χ4v) is 3.08. The first-order chi connectivity index (χ1) is 14.6. The number of furan rings is 2. The Kier molecular flexibility index (Phi) is 4.91. The maximum Gasteiger partial charge on any atom is 0.443 e. The third kappa shape index (κ3) is 3.60. The molecule has 0 spiro atoms. The summed E-state index contributed by atoms with van der Waals surface area (Å²) in [5.41, 5.74) is -4.67. The molecule has 1 aromatic carbocycles. The van der Waals surface area contributed by atoms with Gasteiger partial charge in [-0.3, -0.25) is 0 Å². The zero-order chi connectivity index (χ0) is 22.3. The third-order valence-electron chi connectivity index (χ3n) is 4.50. The van der Waals surface area contributed by atoms with Crippen LogP contribution in [0.2, 0.25) is 0 Å². The van der Waals surface area contributed by atoms with Crippen LogP contribution in [-0.2, 0) is 6.54 Å². The van der Waals surface area contributed by atoms with Gasteiger partial charge in [0.2, 0.25) is 0 Å². The van der Waals surface area contributed by atoms with E-state index in [-0.39, 0.29) is 23.6 Å². The van der Waals surface area contributed by atoms with Crippen molar-refractivity contribution in [2.24, 2.45) is 9.98 Å². The van der Waals surface area contributed by atoms with Gasteiger partial charge in [-0.25, -0.2) is 9.98 Å². The van der Waals surface area contributed by atoms with E-state index in [0.717, 1.165) is 11.2 Å². The van der Waals surface area contributed by atoms with Crippen LogP contribution >= 0.6 is 0 Å². The summed E-state index contributed by atoms with van der Waals surface area (Å²) in [5.74, 6) is -1.26. The SMILES string of the molecule is FC(F)(F)C1(C(F)(F)F)N=C(c2ccccc2)N(Cc2ccco2)C(c2ccco2)=N1. The van der Waals surface area contributed by atoms with Crippen molar-refractivity contribution in [1.82, 2.24) is 4.90 Å². The van der Waals surface area contributed by atoms with Crippen LogP contribution in [0.3, 0.4) is 0 Å². The lowest BCUT2D eigenvalue weighted by Crippen LogP contribution is -2.59. The number of alkyl halides is 6. The Bertz CT molecular complexity index is 1070. The second-order valence-corrected chi connectivity index (χ2v) is 6.55. The van der Waals surface area contributed by atoms with Crippen molar-refractivity contribution in [3.8, 4) is 0 Å². The number of rotatable bonds is 4. The van der Waals surface area contributed by atoms with Crippen molar-refractivity contribution in [3.05, 3.63) is 84.2 Å². The molecule has 0 amide bonds. The van der Waals surface area contributed by atoms with Crippen LogP contribution in [0.1, 0.15) is 17.1 Å². The quantitative estimate of drug-likeness (QED) is 0.510. The molecule has 162 valence electrons. The molecule has 31 heavy (non-hydrogen) atoms. The second-order valence-electron chi connectivity index (χ2n) is 6.55. The molecule has 0 aliphatic carbocycles. The van der Waals surface area contributed by atoms with Crippen molar-refractivity contribution in [2.75, 3.05) is 0 Å². The molecule has 0 saturated heterocycles. The highest BCUT2D eigenvalue weighted by atomic mass is 19.4. The lowest BCUT2D eigenvalue weighted by molar-refractivity contribution is -0.293. The van der Waals surface area contributed by atoms with E-state index in [1.807, 2.05) is 0 Å². The minimum atomic E-state index is -5.86. The van der Waals surface area contributed by atoms with Crippen LogP contribution in [0.25, 0.3) is 0 Å². The maximum absolute atomic E-state index is 13.9. The highest BCUT2D eigenvalue weighted by Gasteiger charge is 2.74. The summed E-state index contributed by atoms with van der Waals surface area (Å²) in [5, 5.41) is 0. The standard InChI is InChI=1S/C20H13F6N3O2/c21-19(22,23)18(20(24,25)26)27-16(13-6-2-1-3-7-13)29(12-14-8-4-10-30-14)17(28-18)15-9-5-11-31-15/h1-11H,12H2. The molecule has 1 aliphatic rings. The van der Waals surface area contributed by atoms with Gasteiger partial charge in [0.25, 0.3) is 0 Å². The van der Waals surface area contributed by atoms with Crippen molar-refractivity contribution < 1.29 is 35.2 Å². The second kappa shape index (κ2) is 7.33. The zero-order valence-electron chi connectivity index (χ0n) is 15.5. The van der Waals surface area contributed by atoms with E-state index in [2.05, 4.69) is 9.98 Å². The minimum absolute atomic E-state index is 0.0332. The lowest BCUT2D eigenvalue weighted by atomic mass is 10.1. The molecule has 0 fully saturated rings. The van der Waals surface area contributed by atoms with Gasteiger partial charge >= 0.3 is 18.0 Å². The number of aliphatic imine (C=N–C) groups is 2. The zero-order valence-corrected chi connectivity index (χ0v) is 15.5. The van der Waals surface area contributed by atoms with E-state index in [0.29, 0.717) is 0 Å². The molecule has 3 aromatic rings. The Morgan fingerprint density at radius 3 is 1.90 bits per heavy atom. The maximum atomic E-state index is 13.9. The summed E-state index contributed by atoms with van der Waals surface area (Å²) in [6, 6.07) is 12.9. The molecule has 0 N–H and O–H groups in total. The highest BCUT2D eigenvalue weighted by molar-refractivity contribution is 6.15. The van der Waals surface area contributed by atoms with Gasteiger partial charge in [0.1, 0.15) is 11.6 Å². The van der Waals surface area contributed by atoms with E-state index in [9.17, 15) is 26.3 Å². The Morgan fingerprint density at radius 1 is 0.742 bits per heavy atom. The molecular formula is C20H13F6N3O2. The Labute approximate surface area is 171 Å². The largest absolute Gasteiger partial charge is 0.467 e. The van der Waals surface area contributed by atoms with Gasteiger partial charge in [-0.15, -0.1) is 0 Å². The monoisotopic (exact) mass is 441 g/mol. The lowest BCUT2D eigenvalue weighted by Gasteiger charge is -2.38. The van der Waals surface area contributed by atoms with Crippen molar-refractivity contribution >= 4 is 11.7 Å². The van der Waals surface area contributed by atoms with E-state index in [1.54, 1.807) is 6.07 Å². The number of hydrogen-bond acceptors (Lipinski definition) is 5. The predicted octanol–water partition coefficient (Wildman–Crippen LogP) is 5.40. The molecule has 5 nitrogen and oxygen atoms in total. The summed E-state index contributed by atoms with van der Waals surface area (Å²) in [7, 11) is 0. The van der Waals surface area contributed by atoms with Gasteiger partial charge < -0.3 is 13.7 Å². The molecule has 4 rings (SSSR count). The molecule has 0 saturated carbocycles. The average Bonchev–Trinajstić information content (AvgIpc) is 3.41. The highest BCUT2D eigenvalue weighted by Crippen LogP contribution is 2.49. The van der Waals surface area contributed by atoms with Gasteiger partial charge in [0.05, 0.1) is 19.1 Å². The normalized spacial score (nSPS) is 16.8. The van der Waals surface area contributed by atoms with Crippen LogP contribution in [-0.4, -0.2) is 34.6 Å². The first-order valence-electron chi connectivity index (χ1n) is 8.85. The van der Waals surface area contributed by atoms with E-state index >= 15 is 0 Å². The minimum Gasteiger partial charge on any atom is -0.467 e. The van der Waals surface area contributed by atoms with Crippen LogP contribution in [0.4, 0.5) is 26.3 Å². The Balaban J connectivity index is 2.00. The summed E-state index contributed by atoms with van der Waals surface area (Å²) in [6.07, 6.45) is -9.27. The molecule has 1 aliphatic heterocycles. The van der Waals surface area contributed by atoms with Crippen LogP contribution in [0.15, 0.2) is 85.9 Å². The molecular weight excluding hydrogens is 428 g/mol. The summed E-state index contributed by atoms with van der Waals surface area (Å²) in [4.78, 5) is 7.38. The van der Waals surface area contributed by atoms with E-state index < -0.39 is 29.7 Å². The first kappa shape index (κ1) is 20.8. The number of halogens is 6. The van der Waals surface area contributed by atoms with Crippen molar-refractivity contribution in [1.29, 1.82) is 0 Å². The Morgan fingerprint density at radius 2 is 1.35 bits per heavy atom. The van der Waals surface area contributed by atoms with Gasteiger partial charge in [-0.1, -0.05) is 30.3 Å². The van der Waals surface area contributed by atoms with Gasteiger partial charge in [0, 0.05) is 5.56 Å². The molecule has 0 bridgehead atoms. The number of hydrogen-bond donors (Lipinski definition) is 0. The van der Waals surface area contributed by atoms with Gasteiger partial charge in [0.15, 0.2) is 11.6 Å². The topological polar surface area (TPSA) is 54.2 Å². The van der Waals surface area contributed by atoms with Crippen LogP contribution in [0.5, 0.6) is 0 Å². The summed E-state index contributed by atoms with van der Waals surface area (Å²) >= 11 is 0. The number of amidine groups is 2. The molecule has 2 aromatic heterocycles. The van der Waals surface area contributed by atoms with Crippen molar-refractivity contribution in [2.45, 2.75) is 24.6 Å². The van der Waals surface area contributed by atoms with Crippen LogP contribution in [0, 0.1) is 0 Å². The number of benzene rings is 1. The number of nitrogens with zero attached hydrogens (tertiary/aromatic N) is 3. The van der Waals surface area contributed by atoms with Gasteiger partial charge in [-0.2, -0.15) is 26.3 Å².